The predicted molar refractivity (Wildman–Crippen MR) is 140 cm³/mol. The van der Waals surface area contributed by atoms with Crippen molar-refractivity contribution in [2.75, 3.05) is 31.1 Å². The highest BCUT2D eigenvalue weighted by molar-refractivity contribution is 5.86. The second-order valence-electron chi connectivity index (χ2n) is 10.2. The fraction of sp³-hybridized carbons (Fsp3) is 0.407. The molecular weight excluding hydrogens is 454 g/mol. The van der Waals surface area contributed by atoms with E-state index in [9.17, 15) is 4.79 Å². The first kappa shape index (κ1) is 23.8. The van der Waals surface area contributed by atoms with Crippen molar-refractivity contribution in [1.29, 1.82) is 0 Å². The summed E-state index contributed by atoms with van der Waals surface area (Å²) in [7, 11) is 1.92. The van der Waals surface area contributed by atoms with Gasteiger partial charge in [-0.3, -0.25) is 4.68 Å². The summed E-state index contributed by atoms with van der Waals surface area (Å²) < 4.78 is 9.28. The Labute approximate surface area is 211 Å². The molecule has 5 rings (SSSR count). The monoisotopic (exact) mass is 487 g/mol. The van der Waals surface area contributed by atoms with Crippen LogP contribution in [0, 0.1) is 0 Å². The average Bonchev–Trinajstić information content (AvgIpc) is 3.48. The molecule has 188 valence electrons. The first-order valence-corrected chi connectivity index (χ1v) is 12.4. The third-order valence-corrected chi connectivity index (χ3v) is 6.42. The highest BCUT2D eigenvalue weighted by Gasteiger charge is 2.26. The molecule has 0 spiro atoms. The van der Waals surface area contributed by atoms with Crippen LogP contribution in [0.4, 0.5) is 10.6 Å². The van der Waals surface area contributed by atoms with E-state index < -0.39 is 5.60 Å². The van der Waals surface area contributed by atoms with E-state index in [1.165, 1.54) is 5.56 Å². The number of aryl methyl sites for hydroxylation is 2. The van der Waals surface area contributed by atoms with Crippen molar-refractivity contribution in [2.45, 2.75) is 39.7 Å². The van der Waals surface area contributed by atoms with Crippen molar-refractivity contribution in [1.82, 2.24) is 29.3 Å². The van der Waals surface area contributed by atoms with Gasteiger partial charge >= 0.3 is 6.09 Å². The van der Waals surface area contributed by atoms with Crippen molar-refractivity contribution in [3.8, 4) is 22.3 Å². The third-order valence-electron chi connectivity index (χ3n) is 6.42. The molecule has 1 aliphatic heterocycles. The van der Waals surface area contributed by atoms with Crippen LogP contribution in [-0.2, 0) is 18.2 Å². The lowest BCUT2D eigenvalue weighted by Gasteiger charge is -2.36. The molecule has 9 nitrogen and oxygen atoms in total. The minimum Gasteiger partial charge on any atom is -0.444 e. The Bertz CT molecular complexity index is 1370. The fourth-order valence-electron chi connectivity index (χ4n) is 4.57. The number of hydrogen-bond donors (Lipinski definition) is 0. The number of pyridine rings is 2. The molecule has 0 atom stereocenters. The molecule has 4 aromatic rings. The van der Waals surface area contributed by atoms with Crippen molar-refractivity contribution < 1.29 is 9.53 Å². The molecule has 0 saturated carbocycles. The zero-order valence-electron chi connectivity index (χ0n) is 21.6. The van der Waals surface area contributed by atoms with Gasteiger partial charge in [-0.2, -0.15) is 10.2 Å². The van der Waals surface area contributed by atoms with Crippen molar-refractivity contribution in [3.63, 3.8) is 0 Å². The molecular formula is C27H33N7O2. The molecule has 0 unspecified atom stereocenters. The number of aromatic nitrogens is 5. The lowest BCUT2D eigenvalue weighted by molar-refractivity contribution is 0.0240. The molecule has 0 aromatic carbocycles. The maximum absolute atomic E-state index is 12.4. The van der Waals surface area contributed by atoms with E-state index in [1.54, 1.807) is 9.58 Å². The standard InChI is InChI=1S/C27H33N7O2/c1-6-19-15-30-34-18-21(22-16-29-31(5)17-22)13-23(25(19)34)20-7-8-24(28-14-20)32-9-11-33(12-10-32)26(35)36-27(2,3)4/h7-8,13-18H,6,9-12H2,1-5H3. The lowest BCUT2D eigenvalue weighted by atomic mass is 10.0. The van der Waals surface area contributed by atoms with E-state index in [0.29, 0.717) is 13.1 Å². The molecule has 4 aromatic heterocycles. The Morgan fingerprint density at radius 1 is 0.972 bits per heavy atom. The van der Waals surface area contributed by atoms with Gasteiger partial charge in [-0.15, -0.1) is 0 Å². The summed E-state index contributed by atoms with van der Waals surface area (Å²) in [4.78, 5) is 21.2. The number of ether oxygens (including phenoxy) is 1. The Morgan fingerprint density at radius 2 is 1.75 bits per heavy atom. The summed E-state index contributed by atoms with van der Waals surface area (Å²) in [6, 6.07) is 6.38. The number of rotatable bonds is 4. The molecule has 0 N–H and O–H groups in total. The van der Waals surface area contributed by atoms with Crippen LogP contribution in [0.1, 0.15) is 33.3 Å². The zero-order valence-corrected chi connectivity index (χ0v) is 21.6. The number of amides is 1. The first-order valence-electron chi connectivity index (χ1n) is 12.4. The smallest absolute Gasteiger partial charge is 0.410 e. The van der Waals surface area contributed by atoms with Crippen LogP contribution in [0.5, 0.6) is 0 Å². The Kier molecular flexibility index (Phi) is 6.15. The number of fused-ring (bicyclic) bond motifs is 1. The van der Waals surface area contributed by atoms with E-state index in [1.807, 2.05) is 57.1 Å². The summed E-state index contributed by atoms with van der Waals surface area (Å²) >= 11 is 0. The van der Waals surface area contributed by atoms with Gasteiger partial charge < -0.3 is 14.5 Å². The van der Waals surface area contributed by atoms with Gasteiger partial charge in [0, 0.05) is 74.1 Å². The maximum Gasteiger partial charge on any atom is 0.410 e. The lowest BCUT2D eigenvalue weighted by Crippen LogP contribution is -2.50. The van der Waals surface area contributed by atoms with Gasteiger partial charge in [-0.1, -0.05) is 6.92 Å². The second kappa shape index (κ2) is 9.29. The number of nitrogens with zero attached hydrogens (tertiary/aromatic N) is 7. The summed E-state index contributed by atoms with van der Waals surface area (Å²) in [5.41, 5.74) is 6.05. The topological polar surface area (TPSA) is 80.8 Å². The van der Waals surface area contributed by atoms with Gasteiger partial charge in [-0.05, 0) is 51.0 Å². The van der Waals surface area contributed by atoms with Crippen molar-refractivity contribution in [3.05, 3.63) is 54.7 Å². The van der Waals surface area contributed by atoms with Crippen LogP contribution in [0.3, 0.4) is 0 Å². The number of carbonyl (C=O) groups excluding carboxylic acids is 1. The molecule has 9 heteroatoms. The molecule has 1 fully saturated rings. The van der Waals surface area contributed by atoms with Crippen LogP contribution in [0.2, 0.25) is 0 Å². The number of piperazine rings is 1. The van der Waals surface area contributed by atoms with E-state index in [4.69, 9.17) is 9.72 Å². The molecule has 36 heavy (non-hydrogen) atoms. The summed E-state index contributed by atoms with van der Waals surface area (Å²) in [6.45, 7) is 10.5. The molecule has 1 saturated heterocycles. The average molecular weight is 488 g/mol. The van der Waals surface area contributed by atoms with Gasteiger partial charge in [0.2, 0.25) is 0 Å². The van der Waals surface area contributed by atoms with Gasteiger partial charge in [-0.25, -0.2) is 14.3 Å². The zero-order chi connectivity index (χ0) is 25.4. The van der Waals surface area contributed by atoms with Gasteiger partial charge in [0.1, 0.15) is 11.4 Å². The van der Waals surface area contributed by atoms with Crippen LogP contribution in [-0.4, -0.2) is 67.2 Å². The van der Waals surface area contributed by atoms with E-state index in [2.05, 4.69) is 46.4 Å². The molecule has 1 amide bonds. The summed E-state index contributed by atoms with van der Waals surface area (Å²) in [5.74, 6) is 0.909. The minimum absolute atomic E-state index is 0.254. The van der Waals surface area contributed by atoms with Crippen LogP contribution in [0.25, 0.3) is 27.8 Å². The summed E-state index contributed by atoms with van der Waals surface area (Å²) in [5, 5.41) is 8.95. The van der Waals surface area contributed by atoms with Gasteiger partial charge in [0.05, 0.1) is 17.9 Å². The molecule has 0 aliphatic carbocycles. The maximum atomic E-state index is 12.4. The normalized spacial score (nSPS) is 14.5. The van der Waals surface area contributed by atoms with Crippen molar-refractivity contribution >= 4 is 17.4 Å². The SMILES string of the molecule is CCc1cnn2cc(-c3cnn(C)c3)cc(-c3ccc(N4CCN(C(=O)OC(C)(C)C)CC4)nc3)c12. The van der Waals surface area contributed by atoms with Crippen LogP contribution in [0.15, 0.2) is 49.2 Å². The largest absolute Gasteiger partial charge is 0.444 e. The van der Waals surface area contributed by atoms with Crippen LogP contribution < -0.4 is 4.90 Å². The Morgan fingerprint density at radius 3 is 2.36 bits per heavy atom. The molecule has 0 radical (unpaired) electrons. The van der Waals surface area contributed by atoms with Crippen LogP contribution >= 0.6 is 0 Å². The van der Waals surface area contributed by atoms with E-state index in [0.717, 1.165) is 53.1 Å². The first-order chi connectivity index (χ1) is 17.2. The third kappa shape index (κ3) is 4.78. The van der Waals surface area contributed by atoms with Crippen molar-refractivity contribution in [2.24, 2.45) is 7.05 Å². The fourth-order valence-corrected chi connectivity index (χ4v) is 4.57. The number of hydrogen-bond acceptors (Lipinski definition) is 6. The Balaban J connectivity index is 1.39. The predicted octanol–water partition coefficient (Wildman–Crippen LogP) is 4.42. The number of anilines is 1. The molecule has 0 bridgehead atoms. The Hall–Kier alpha value is -3.88. The number of carbonyl (C=O) groups is 1. The van der Waals surface area contributed by atoms with Gasteiger partial charge in [0.15, 0.2) is 0 Å². The molecule has 5 heterocycles. The second-order valence-corrected chi connectivity index (χ2v) is 10.2. The van der Waals surface area contributed by atoms with E-state index in [-0.39, 0.29) is 6.09 Å². The minimum atomic E-state index is -0.488. The van der Waals surface area contributed by atoms with E-state index >= 15 is 0 Å². The van der Waals surface area contributed by atoms with Gasteiger partial charge in [0.25, 0.3) is 0 Å². The highest BCUT2D eigenvalue weighted by Crippen LogP contribution is 2.32. The quantitative estimate of drug-likeness (QED) is 0.424. The highest BCUT2D eigenvalue weighted by atomic mass is 16.6. The molecule has 1 aliphatic rings. The summed E-state index contributed by atoms with van der Waals surface area (Å²) in [6.07, 6.45) is 10.5.